The van der Waals surface area contributed by atoms with Gasteiger partial charge in [0.05, 0.1) is 35.2 Å². The molecule has 3 aromatic rings. The Morgan fingerprint density at radius 3 is 2.78 bits per heavy atom. The van der Waals surface area contributed by atoms with Crippen molar-refractivity contribution in [3.8, 4) is 5.69 Å². The Morgan fingerprint density at radius 2 is 1.96 bits per heavy atom. The van der Waals surface area contributed by atoms with Gasteiger partial charge in [-0.05, 0) is 45.2 Å². The highest BCUT2D eigenvalue weighted by Crippen LogP contribution is 2.26. The minimum absolute atomic E-state index is 0.00249. The maximum atomic E-state index is 12.7. The molecule has 1 aliphatic carbocycles. The summed E-state index contributed by atoms with van der Waals surface area (Å²) in [6, 6.07) is 9.93. The van der Waals surface area contributed by atoms with Gasteiger partial charge in [0, 0.05) is 23.7 Å². The summed E-state index contributed by atoms with van der Waals surface area (Å²) >= 11 is 0. The summed E-state index contributed by atoms with van der Waals surface area (Å²) < 4.78 is 1.90. The fraction of sp³-hybridized carbons (Fsp3) is 0.333. The molecule has 0 unspecified atom stereocenters. The van der Waals surface area contributed by atoms with Gasteiger partial charge >= 0.3 is 0 Å². The Balaban J connectivity index is 1.52. The Hall–Kier alpha value is -3.02. The van der Waals surface area contributed by atoms with Crippen LogP contribution in [-0.2, 0) is 17.6 Å². The first kappa shape index (κ1) is 17.4. The van der Waals surface area contributed by atoms with Gasteiger partial charge in [-0.15, -0.1) is 0 Å². The molecule has 0 spiro atoms. The topological polar surface area (TPSA) is 72.7 Å². The van der Waals surface area contributed by atoms with Crippen LogP contribution in [0.5, 0.6) is 0 Å². The molecule has 0 aliphatic heterocycles. The number of nitrogens with zero attached hydrogens (tertiary/aromatic N) is 4. The predicted octanol–water partition coefficient (Wildman–Crippen LogP) is 3.02. The van der Waals surface area contributed by atoms with Gasteiger partial charge in [0.1, 0.15) is 0 Å². The summed E-state index contributed by atoms with van der Waals surface area (Å²) in [6.45, 7) is 3.97. The number of carbonyl (C=O) groups excluding carboxylic acids is 1. The van der Waals surface area contributed by atoms with Gasteiger partial charge in [0.25, 0.3) is 0 Å². The third kappa shape index (κ3) is 3.47. The van der Waals surface area contributed by atoms with Crippen LogP contribution in [0.3, 0.4) is 0 Å². The van der Waals surface area contributed by atoms with Crippen LogP contribution >= 0.6 is 0 Å². The lowest BCUT2D eigenvalue weighted by Crippen LogP contribution is -2.33. The van der Waals surface area contributed by atoms with Crippen molar-refractivity contribution in [2.45, 2.75) is 45.6 Å². The zero-order valence-electron chi connectivity index (χ0n) is 15.6. The SMILES string of the molecule is Cc1nn(-c2ccccc2)c(C)c1CC(=O)N[C@@H]1CCCc2nccnc21. The van der Waals surface area contributed by atoms with E-state index in [4.69, 9.17) is 0 Å². The molecule has 0 saturated heterocycles. The molecule has 27 heavy (non-hydrogen) atoms. The first-order chi connectivity index (χ1) is 13.1. The second-order valence-electron chi connectivity index (χ2n) is 6.97. The molecule has 0 fully saturated rings. The number of para-hydroxylation sites is 1. The first-order valence-electron chi connectivity index (χ1n) is 9.33. The molecule has 1 aliphatic rings. The van der Waals surface area contributed by atoms with E-state index in [1.165, 1.54) is 0 Å². The van der Waals surface area contributed by atoms with E-state index in [0.29, 0.717) is 6.42 Å². The monoisotopic (exact) mass is 361 g/mol. The summed E-state index contributed by atoms with van der Waals surface area (Å²) in [5.74, 6) is -0.00249. The zero-order chi connectivity index (χ0) is 18.8. The van der Waals surface area contributed by atoms with Crippen molar-refractivity contribution in [3.05, 3.63) is 71.1 Å². The number of carbonyl (C=O) groups is 1. The van der Waals surface area contributed by atoms with Crippen LogP contribution in [-0.4, -0.2) is 25.7 Å². The number of rotatable bonds is 4. The highest BCUT2D eigenvalue weighted by atomic mass is 16.1. The molecule has 1 atom stereocenters. The summed E-state index contributed by atoms with van der Waals surface area (Å²) in [5.41, 5.74) is 5.77. The lowest BCUT2D eigenvalue weighted by atomic mass is 9.95. The van der Waals surface area contributed by atoms with Crippen LogP contribution in [0.15, 0.2) is 42.7 Å². The highest BCUT2D eigenvalue weighted by molar-refractivity contribution is 5.79. The van der Waals surface area contributed by atoms with E-state index < -0.39 is 0 Å². The molecule has 0 radical (unpaired) electrons. The van der Waals surface area contributed by atoms with Gasteiger partial charge in [-0.3, -0.25) is 14.8 Å². The maximum absolute atomic E-state index is 12.7. The van der Waals surface area contributed by atoms with Crippen molar-refractivity contribution in [1.29, 1.82) is 0 Å². The Kier molecular flexibility index (Phi) is 4.71. The largest absolute Gasteiger partial charge is 0.347 e. The molecular formula is C21H23N5O. The van der Waals surface area contributed by atoms with Crippen LogP contribution in [0.25, 0.3) is 5.69 Å². The molecular weight excluding hydrogens is 338 g/mol. The third-order valence-corrected chi connectivity index (χ3v) is 5.16. The van der Waals surface area contributed by atoms with E-state index >= 15 is 0 Å². The molecule has 2 heterocycles. The van der Waals surface area contributed by atoms with Crippen LogP contribution in [0.1, 0.15) is 47.2 Å². The standard InChI is InChI=1S/C21H23N5O/c1-14-17(15(2)26(25-14)16-7-4-3-5-8-16)13-20(27)24-19-10-6-9-18-21(19)23-12-11-22-18/h3-5,7-8,11-12,19H,6,9-10,13H2,1-2H3,(H,24,27)/t19-/m1/s1. The number of benzene rings is 1. The first-order valence-corrected chi connectivity index (χ1v) is 9.33. The number of aryl methyl sites for hydroxylation is 2. The predicted molar refractivity (Wildman–Crippen MR) is 103 cm³/mol. The average molecular weight is 361 g/mol. The zero-order valence-corrected chi connectivity index (χ0v) is 15.6. The third-order valence-electron chi connectivity index (χ3n) is 5.16. The lowest BCUT2D eigenvalue weighted by molar-refractivity contribution is -0.121. The second-order valence-corrected chi connectivity index (χ2v) is 6.97. The summed E-state index contributed by atoms with van der Waals surface area (Å²) in [7, 11) is 0. The Morgan fingerprint density at radius 1 is 1.19 bits per heavy atom. The molecule has 0 saturated carbocycles. The lowest BCUT2D eigenvalue weighted by Gasteiger charge is -2.24. The quantitative estimate of drug-likeness (QED) is 0.775. The number of amides is 1. The van der Waals surface area contributed by atoms with Crippen LogP contribution in [0.4, 0.5) is 0 Å². The molecule has 0 bridgehead atoms. The average Bonchev–Trinajstić information content (AvgIpc) is 2.97. The Labute approximate surface area is 158 Å². The number of nitrogens with one attached hydrogen (secondary N) is 1. The smallest absolute Gasteiger partial charge is 0.225 e. The van der Waals surface area contributed by atoms with E-state index in [2.05, 4.69) is 20.4 Å². The van der Waals surface area contributed by atoms with Crippen molar-refractivity contribution >= 4 is 5.91 Å². The van der Waals surface area contributed by atoms with Crippen LogP contribution in [0, 0.1) is 13.8 Å². The molecule has 1 amide bonds. The molecule has 1 N–H and O–H groups in total. The number of hydrogen-bond donors (Lipinski definition) is 1. The second kappa shape index (κ2) is 7.31. The summed E-state index contributed by atoms with van der Waals surface area (Å²) in [6.07, 6.45) is 6.57. The fourth-order valence-electron chi connectivity index (χ4n) is 3.77. The summed E-state index contributed by atoms with van der Waals surface area (Å²) in [4.78, 5) is 21.6. The van der Waals surface area contributed by atoms with Crippen molar-refractivity contribution in [3.63, 3.8) is 0 Å². The highest BCUT2D eigenvalue weighted by Gasteiger charge is 2.25. The molecule has 6 heteroatoms. The minimum atomic E-state index is -0.0558. The fourth-order valence-corrected chi connectivity index (χ4v) is 3.77. The van der Waals surface area contributed by atoms with Crippen molar-refractivity contribution in [1.82, 2.24) is 25.1 Å². The van der Waals surface area contributed by atoms with Crippen molar-refractivity contribution in [2.24, 2.45) is 0 Å². The number of hydrogen-bond acceptors (Lipinski definition) is 4. The Bertz CT molecular complexity index is 964. The van der Waals surface area contributed by atoms with Gasteiger partial charge in [-0.2, -0.15) is 5.10 Å². The molecule has 6 nitrogen and oxygen atoms in total. The number of aromatic nitrogens is 4. The van der Waals surface area contributed by atoms with Gasteiger partial charge < -0.3 is 5.32 Å². The van der Waals surface area contributed by atoms with Gasteiger partial charge in [-0.1, -0.05) is 18.2 Å². The van der Waals surface area contributed by atoms with Gasteiger partial charge in [0.2, 0.25) is 5.91 Å². The molecule has 2 aromatic heterocycles. The van der Waals surface area contributed by atoms with Crippen LogP contribution < -0.4 is 5.32 Å². The van der Waals surface area contributed by atoms with E-state index in [1.54, 1.807) is 12.4 Å². The van der Waals surface area contributed by atoms with E-state index in [-0.39, 0.29) is 11.9 Å². The maximum Gasteiger partial charge on any atom is 0.225 e. The van der Waals surface area contributed by atoms with Gasteiger partial charge in [-0.25, -0.2) is 4.68 Å². The van der Waals surface area contributed by atoms with Crippen molar-refractivity contribution in [2.75, 3.05) is 0 Å². The van der Waals surface area contributed by atoms with E-state index in [1.807, 2.05) is 48.9 Å². The number of fused-ring (bicyclic) bond motifs is 1. The van der Waals surface area contributed by atoms with Crippen molar-refractivity contribution < 1.29 is 4.79 Å². The van der Waals surface area contributed by atoms with E-state index in [9.17, 15) is 4.79 Å². The van der Waals surface area contributed by atoms with Gasteiger partial charge in [0.15, 0.2) is 0 Å². The summed E-state index contributed by atoms with van der Waals surface area (Å²) in [5, 5.41) is 7.78. The van der Waals surface area contributed by atoms with Crippen LogP contribution in [0.2, 0.25) is 0 Å². The normalized spacial score (nSPS) is 16.0. The van der Waals surface area contributed by atoms with E-state index in [0.717, 1.165) is 53.3 Å². The minimum Gasteiger partial charge on any atom is -0.347 e. The molecule has 138 valence electrons. The molecule has 1 aromatic carbocycles. The molecule has 4 rings (SSSR count).